The van der Waals surface area contributed by atoms with Crippen LogP contribution < -0.4 is 9.62 Å². The van der Waals surface area contributed by atoms with Crippen LogP contribution in [0.5, 0.6) is 0 Å². The van der Waals surface area contributed by atoms with E-state index in [1.807, 2.05) is 84.0 Å². The molecular weight excluding hydrogens is 486 g/mol. The van der Waals surface area contributed by atoms with Crippen molar-refractivity contribution in [2.75, 3.05) is 17.1 Å². The summed E-state index contributed by atoms with van der Waals surface area (Å²) in [7, 11) is -3.53. The highest BCUT2D eigenvalue weighted by Gasteiger charge is 2.29. The van der Waals surface area contributed by atoms with Gasteiger partial charge >= 0.3 is 0 Å². The lowest BCUT2D eigenvalue weighted by atomic mass is 10.1. The smallest absolute Gasteiger partial charge is 0.243 e. The summed E-state index contributed by atoms with van der Waals surface area (Å²) in [5.41, 5.74) is 4.62. The molecule has 0 aromatic heterocycles. The van der Waals surface area contributed by atoms with Crippen molar-refractivity contribution < 1.29 is 18.0 Å². The van der Waals surface area contributed by atoms with Gasteiger partial charge in [0.2, 0.25) is 21.8 Å². The average Bonchev–Trinajstić information content (AvgIpc) is 2.81. The van der Waals surface area contributed by atoms with Gasteiger partial charge in [-0.2, -0.15) is 0 Å². The lowest BCUT2D eigenvalue weighted by Gasteiger charge is -2.32. The van der Waals surface area contributed by atoms with Crippen LogP contribution in [-0.4, -0.2) is 50.0 Å². The van der Waals surface area contributed by atoms with E-state index in [0.717, 1.165) is 28.7 Å². The number of sulfonamides is 1. The summed E-state index contributed by atoms with van der Waals surface area (Å²) in [6.45, 7) is 12.2. The van der Waals surface area contributed by atoms with Crippen molar-refractivity contribution in [3.63, 3.8) is 0 Å². The van der Waals surface area contributed by atoms with Crippen LogP contribution >= 0.6 is 0 Å². The van der Waals surface area contributed by atoms with E-state index >= 15 is 0 Å². The Balaban J connectivity index is 2.24. The van der Waals surface area contributed by atoms with Crippen LogP contribution in [0.2, 0.25) is 0 Å². The molecule has 7 nitrogen and oxygen atoms in total. The summed E-state index contributed by atoms with van der Waals surface area (Å²) < 4.78 is 26.5. The number of hydrogen-bond donors (Lipinski definition) is 1. The van der Waals surface area contributed by atoms with Gasteiger partial charge in [-0.1, -0.05) is 49.7 Å². The molecule has 0 fully saturated rings. The minimum atomic E-state index is -3.53. The Morgan fingerprint density at radius 3 is 2.03 bits per heavy atom. The van der Waals surface area contributed by atoms with Crippen LogP contribution in [-0.2, 0) is 26.2 Å². The van der Waals surface area contributed by atoms with Crippen LogP contribution in [0.4, 0.5) is 5.69 Å². The third-order valence-corrected chi connectivity index (χ3v) is 7.70. The predicted octanol–water partition coefficient (Wildman–Crippen LogP) is 4.88. The zero-order valence-corrected chi connectivity index (χ0v) is 24.2. The third kappa shape index (κ3) is 9.18. The largest absolute Gasteiger partial charge is 0.352 e. The summed E-state index contributed by atoms with van der Waals surface area (Å²) in [4.78, 5) is 28.3. The summed E-state index contributed by atoms with van der Waals surface area (Å²) in [6.07, 6.45) is 2.94. The van der Waals surface area contributed by atoms with Gasteiger partial charge < -0.3 is 10.2 Å². The highest BCUT2D eigenvalue weighted by atomic mass is 32.2. The van der Waals surface area contributed by atoms with E-state index < -0.39 is 16.1 Å². The number of amides is 2. The van der Waals surface area contributed by atoms with E-state index in [9.17, 15) is 18.0 Å². The van der Waals surface area contributed by atoms with Crippen LogP contribution in [0.25, 0.3) is 0 Å². The molecule has 0 saturated carbocycles. The van der Waals surface area contributed by atoms with Crippen LogP contribution in [0.3, 0.4) is 0 Å². The maximum atomic E-state index is 13.5. The lowest BCUT2D eigenvalue weighted by molar-refractivity contribution is -0.141. The van der Waals surface area contributed by atoms with Crippen molar-refractivity contribution in [3.05, 3.63) is 64.7 Å². The molecule has 0 bridgehead atoms. The van der Waals surface area contributed by atoms with Gasteiger partial charge in [-0.15, -0.1) is 0 Å². The topological polar surface area (TPSA) is 86.8 Å². The standard InChI is InChI=1S/C29H43N3O4S/c1-8-24(6)30-29(34)27(9-2)31(20-25-14-12-21(3)13-15-25)28(33)11-10-16-32(37(7,35)36)26-18-22(4)17-23(5)19-26/h12-15,17-19,24,27H,8-11,16,20H2,1-7H3,(H,30,34)/t24-,27+/m0/s1. The Bertz CT molecular complexity index is 1140. The number of anilines is 1. The highest BCUT2D eigenvalue weighted by Crippen LogP contribution is 2.22. The first-order chi connectivity index (χ1) is 17.3. The van der Waals surface area contributed by atoms with Crippen molar-refractivity contribution in [3.8, 4) is 0 Å². The Hall–Kier alpha value is -2.87. The fraction of sp³-hybridized carbons (Fsp3) is 0.517. The van der Waals surface area contributed by atoms with Crippen molar-refractivity contribution in [2.45, 2.75) is 85.9 Å². The average molecular weight is 530 g/mol. The monoisotopic (exact) mass is 529 g/mol. The Kier molecular flexibility index (Phi) is 11.2. The number of aryl methyl sites for hydroxylation is 3. The number of carbonyl (C=O) groups excluding carboxylic acids is 2. The SMILES string of the molecule is CC[C@H](C(=O)N[C@@H](C)CC)N(Cc1ccc(C)cc1)C(=O)CCCN(c1cc(C)cc(C)c1)S(C)(=O)=O. The minimum absolute atomic E-state index is 0.0129. The third-order valence-electron chi connectivity index (χ3n) is 6.51. The van der Waals surface area contributed by atoms with Gasteiger partial charge in [-0.3, -0.25) is 13.9 Å². The number of carbonyl (C=O) groups is 2. The molecule has 2 aromatic carbocycles. The van der Waals surface area contributed by atoms with Crippen molar-refractivity contribution in [1.82, 2.24) is 10.2 Å². The maximum absolute atomic E-state index is 13.5. The summed E-state index contributed by atoms with van der Waals surface area (Å²) in [5, 5.41) is 3.02. The quantitative estimate of drug-likeness (QED) is 0.401. The van der Waals surface area contributed by atoms with E-state index in [1.54, 1.807) is 4.90 Å². The molecule has 0 aliphatic heterocycles. The van der Waals surface area contributed by atoms with Gasteiger partial charge in [-0.05, 0) is 75.8 Å². The fourth-order valence-electron chi connectivity index (χ4n) is 4.35. The molecule has 2 amide bonds. The Morgan fingerprint density at radius 2 is 1.51 bits per heavy atom. The van der Waals surface area contributed by atoms with Gasteiger partial charge in [0.1, 0.15) is 6.04 Å². The van der Waals surface area contributed by atoms with E-state index in [4.69, 9.17) is 0 Å². The normalized spacial score (nSPS) is 13.1. The van der Waals surface area contributed by atoms with Crippen LogP contribution in [0.15, 0.2) is 42.5 Å². The second kappa shape index (κ2) is 13.6. The lowest BCUT2D eigenvalue weighted by Crippen LogP contribution is -2.50. The molecule has 2 aromatic rings. The Labute approximate surface area is 223 Å². The van der Waals surface area contributed by atoms with Crippen molar-refractivity contribution >= 4 is 27.5 Å². The van der Waals surface area contributed by atoms with Gasteiger partial charge in [0.05, 0.1) is 11.9 Å². The molecular formula is C29H43N3O4S. The molecule has 0 radical (unpaired) electrons. The number of hydrogen-bond acceptors (Lipinski definition) is 4. The molecule has 0 spiro atoms. The van der Waals surface area contributed by atoms with Gasteiger partial charge in [0, 0.05) is 25.6 Å². The zero-order chi connectivity index (χ0) is 27.8. The van der Waals surface area contributed by atoms with E-state index in [1.165, 1.54) is 10.6 Å². The van der Waals surface area contributed by atoms with E-state index in [0.29, 0.717) is 25.1 Å². The van der Waals surface area contributed by atoms with Gasteiger partial charge in [0.25, 0.3) is 0 Å². The molecule has 2 atom stereocenters. The van der Waals surface area contributed by atoms with Gasteiger partial charge in [-0.25, -0.2) is 8.42 Å². The minimum Gasteiger partial charge on any atom is -0.352 e. The zero-order valence-electron chi connectivity index (χ0n) is 23.4. The Morgan fingerprint density at radius 1 is 0.919 bits per heavy atom. The molecule has 0 saturated heterocycles. The first-order valence-electron chi connectivity index (χ1n) is 13.1. The number of nitrogens with one attached hydrogen (secondary N) is 1. The molecule has 0 heterocycles. The van der Waals surface area contributed by atoms with E-state index in [2.05, 4.69) is 5.32 Å². The highest BCUT2D eigenvalue weighted by molar-refractivity contribution is 7.92. The van der Waals surface area contributed by atoms with Crippen LogP contribution in [0.1, 0.15) is 68.7 Å². The van der Waals surface area contributed by atoms with E-state index in [-0.39, 0.29) is 30.8 Å². The molecule has 37 heavy (non-hydrogen) atoms. The second-order valence-electron chi connectivity index (χ2n) is 10.0. The summed E-state index contributed by atoms with van der Waals surface area (Å²) >= 11 is 0. The number of rotatable bonds is 13. The van der Waals surface area contributed by atoms with Gasteiger partial charge in [0.15, 0.2) is 0 Å². The fourth-order valence-corrected chi connectivity index (χ4v) is 5.30. The molecule has 0 unspecified atom stereocenters. The first-order valence-corrected chi connectivity index (χ1v) is 14.9. The molecule has 2 rings (SSSR count). The second-order valence-corrected chi connectivity index (χ2v) is 11.9. The summed E-state index contributed by atoms with van der Waals surface area (Å²) in [5.74, 6) is -0.328. The first kappa shape index (κ1) is 30.4. The number of benzene rings is 2. The predicted molar refractivity (Wildman–Crippen MR) is 151 cm³/mol. The molecule has 8 heteroatoms. The van der Waals surface area contributed by atoms with Crippen LogP contribution in [0, 0.1) is 20.8 Å². The van der Waals surface area contributed by atoms with Crippen molar-refractivity contribution in [2.24, 2.45) is 0 Å². The molecule has 0 aliphatic rings. The molecule has 204 valence electrons. The van der Waals surface area contributed by atoms with Crippen molar-refractivity contribution in [1.29, 1.82) is 0 Å². The summed E-state index contributed by atoms with van der Waals surface area (Å²) in [6, 6.07) is 13.0. The molecule has 1 N–H and O–H groups in total. The molecule has 0 aliphatic carbocycles. The maximum Gasteiger partial charge on any atom is 0.243 e. The number of nitrogens with zero attached hydrogens (tertiary/aromatic N) is 2.